The summed E-state index contributed by atoms with van der Waals surface area (Å²) in [6.45, 7) is 0.424. The van der Waals surface area contributed by atoms with Crippen molar-refractivity contribution in [2.45, 2.75) is 25.3 Å². The molecular formula is C11H12N4O2. The summed E-state index contributed by atoms with van der Waals surface area (Å²) in [6, 6.07) is 0.0714. The Labute approximate surface area is 97.8 Å². The predicted octanol–water partition coefficient (Wildman–Crippen LogP) is -0.264. The Balaban J connectivity index is 2.00. The summed E-state index contributed by atoms with van der Waals surface area (Å²) < 4.78 is 0. The average Bonchev–Trinajstić information content (AvgIpc) is 3.10. The number of carbonyl (C=O) groups excluding carboxylic acids is 2. The van der Waals surface area contributed by atoms with Crippen LogP contribution in [-0.2, 0) is 6.42 Å². The van der Waals surface area contributed by atoms with Crippen molar-refractivity contribution in [1.29, 1.82) is 0 Å². The van der Waals surface area contributed by atoms with Crippen LogP contribution in [0.4, 0.5) is 0 Å². The minimum Gasteiger partial charge on any atom is -0.330 e. The molecule has 2 aliphatic rings. The fourth-order valence-electron chi connectivity index (χ4n) is 1.99. The van der Waals surface area contributed by atoms with Crippen LogP contribution in [0.15, 0.2) is 6.20 Å². The van der Waals surface area contributed by atoms with Gasteiger partial charge in [-0.1, -0.05) is 0 Å². The molecule has 88 valence electrons. The lowest BCUT2D eigenvalue weighted by Gasteiger charge is -2.10. The molecule has 0 radical (unpaired) electrons. The van der Waals surface area contributed by atoms with Crippen molar-refractivity contribution in [2.75, 3.05) is 6.54 Å². The van der Waals surface area contributed by atoms with Gasteiger partial charge in [-0.3, -0.25) is 14.5 Å². The monoisotopic (exact) mass is 232 g/mol. The standard InChI is InChI=1S/C11H12N4O2/c12-4-3-8-13-5-7-9(14-8)11(17)15(10(7)16)6-1-2-6/h5-6H,1-4,12H2. The summed E-state index contributed by atoms with van der Waals surface area (Å²) >= 11 is 0. The summed E-state index contributed by atoms with van der Waals surface area (Å²) in [4.78, 5) is 33.5. The molecule has 3 rings (SSSR count). The normalized spacial score (nSPS) is 18.8. The van der Waals surface area contributed by atoms with Gasteiger partial charge in [0.2, 0.25) is 0 Å². The van der Waals surface area contributed by atoms with E-state index in [-0.39, 0.29) is 23.6 Å². The Morgan fingerprint density at radius 1 is 1.35 bits per heavy atom. The van der Waals surface area contributed by atoms with E-state index in [0.29, 0.717) is 24.4 Å². The zero-order valence-corrected chi connectivity index (χ0v) is 9.22. The van der Waals surface area contributed by atoms with Gasteiger partial charge >= 0.3 is 0 Å². The van der Waals surface area contributed by atoms with E-state index >= 15 is 0 Å². The Bertz CT molecular complexity index is 510. The van der Waals surface area contributed by atoms with E-state index in [0.717, 1.165) is 12.8 Å². The third kappa shape index (κ3) is 1.52. The number of fused-ring (bicyclic) bond motifs is 1. The number of imide groups is 1. The third-order valence-corrected chi connectivity index (χ3v) is 2.99. The summed E-state index contributed by atoms with van der Waals surface area (Å²) in [7, 11) is 0. The number of aromatic nitrogens is 2. The van der Waals surface area contributed by atoms with Crippen LogP contribution in [0, 0.1) is 0 Å². The maximum absolute atomic E-state index is 12.0. The third-order valence-electron chi connectivity index (χ3n) is 2.99. The molecule has 1 aromatic heterocycles. The predicted molar refractivity (Wildman–Crippen MR) is 58.3 cm³/mol. The van der Waals surface area contributed by atoms with Gasteiger partial charge < -0.3 is 5.73 Å². The molecule has 17 heavy (non-hydrogen) atoms. The van der Waals surface area contributed by atoms with Crippen molar-refractivity contribution in [3.8, 4) is 0 Å². The van der Waals surface area contributed by atoms with Gasteiger partial charge in [0.05, 0.1) is 5.56 Å². The fourth-order valence-corrected chi connectivity index (χ4v) is 1.99. The summed E-state index contributed by atoms with van der Waals surface area (Å²) in [5.74, 6) is -0.0231. The molecule has 0 saturated heterocycles. The number of amides is 2. The maximum Gasteiger partial charge on any atom is 0.280 e. The highest BCUT2D eigenvalue weighted by Gasteiger charge is 2.45. The molecule has 1 aliphatic carbocycles. The molecule has 1 aliphatic heterocycles. The molecule has 1 saturated carbocycles. The lowest BCUT2D eigenvalue weighted by atomic mass is 10.2. The van der Waals surface area contributed by atoms with Crippen LogP contribution in [0.2, 0.25) is 0 Å². The molecule has 6 nitrogen and oxygen atoms in total. The van der Waals surface area contributed by atoms with Gasteiger partial charge in [0.1, 0.15) is 11.5 Å². The Hall–Kier alpha value is -1.82. The molecule has 0 bridgehead atoms. The zero-order chi connectivity index (χ0) is 12.0. The van der Waals surface area contributed by atoms with E-state index in [1.165, 1.54) is 11.1 Å². The molecule has 1 aromatic rings. The highest BCUT2D eigenvalue weighted by atomic mass is 16.2. The van der Waals surface area contributed by atoms with E-state index in [4.69, 9.17) is 5.73 Å². The summed E-state index contributed by atoms with van der Waals surface area (Å²) in [6.07, 6.45) is 3.75. The smallest absolute Gasteiger partial charge is 0.280 e. The number of nitrogens with zero attached hydrogens (tertiary/aromatic N) is 3. The Morgan fingerprint density at radius 3 is 2.76 bits per heavy atom. The van der Waals surface area contributed by atoms with Gasteiger partial charge in [-0.2, -0.15) is 0 Å². The molecule has 0 aromatic carbocycles. The second-order valence-electron chi connectivity index (χ2n) is 4.30. The molecule has 1 fully saturated rings. The van der Waals surface area contributed by atoms with Gasteiger partial charge in [0, 0.05) is 18.7 Å². The van der Waals surface area contributed by atoms with Crippen LogP contribution in [-0.4, -0.2) is 39.3 Å². The van der Waals surface area contributed by atoms with Gasteiger partial charge in [0.15, 0.2) is 0 Å². The van der Waals surface area contributed by atoms with Crippen molar-refractivity contribution in [3.63, 3.8) is 0 Å². The first-order valence-corrected chi connectivity index (χ1v) is 5.66. The molecule has 2 amide bonds. The fraction of sp³-hybridized carbons (Fsp3) is 0.455. The van der Waals surface area contributed by atoms with Crippen molar-refractivity contribution in [2.24, 2.45) is 5.73 Å². The largest absolute Gasteiger partial charge is 0.330 e. The molecule has 0 spiro atoms. The van der Waals surface area contributed by atoms with Crippen LogP contribution in [0.25, 0.3) is 0 Å². The van der Waals surface area contributed by atoms with Gasteiger partial charge in [0.25, 0.3) is 11.8 Å². The first-order chi connectivity index (χ1) is 8.22. The molecule has 2 N–H and O–H groups in total. The van der Waals surface area contributed by atoms with E-state index in [1.807, 2.05) is 0 Å². The van der Waals surface area contributed by atoms with Crippen LogP contribution in [0.1, 0.15) is 39.5 Å². The molecule has 2 heterocycles. The van der Waals surface area contributed by atoms with Gasteiger partial charge in [-0.15, -0.1) is 0 Å². The van der Waals surface area contributed by atoms with E-state index in [9.17, 15) is 9.59 Å². The summed E-state index contributed by atoms with van der Waals surface area (Å²) in [5.41, 5.74) is 5.97. The minimum absolute atomic E-state index is 0.0714. The van der Waals surface area contributed by atoms with Gasteiger partial charge in [-0.25, -0.2) is 9.97 Å². The lowest BCUT2D eigenvalue weighted by molar-refractivity contribution is 0.0640. The number of rotatable bonds is 3. The SMILES string of the molecule is NCCc1ncc2c(n1)C(=O)N(C1CC1)C2=O. The Kier molecular flexibility index (Phi) is 2.19. The van der Waals surface area contributed by atoms with Crippen molar-refractivity contribution < 1.29 is 9.59 Å². The van der Waals surface area contributed by atoms with Crippen LogP contribution in [0.5, 0.6) is 0 Å². The maximum atomic E-state index is 12.0. The summed E-state index contributed by atoms with van der Waals surface area (Å²) in [5, 5.41) is 0. The average molecular weight is 232 g/mol. The van der Waals surface area contributed by atoms with Crippen LogP contribution < -0.4 is 5.73 Å². The quantitative estimate of drug-likeness (QED) is 0.725. The number of hydrogen-bond acceptors (Lipinski definition) is 5. The first-order valence-electron chi connectivity index (χ1n) is 5.66. The van der Waals surface area contributed by atoms with Crippen LogP contribution in [0.3, 0.4) is 0 Å². The molecular weight excluding hydrogens is 220 g/mol. The molecule has 6 heteroatoms. The number of nitrogens with two attached hydrogens (primary N) is 1. The first kappa shape index (κ1) is 10.3. The highest BCUT2D eigenvalue weighted by molar-refractivity contribution is 6.20. The highest BCUT2D eigenvalue weighted by Crippen LogP contribution is 2.33. The van der Waals surface area contributed by atoms with E-state index in [2.05, 4.69) is 9.97 Å². The van der Waals surface area contributed by atoms with E-state index < -0.39 is 0 Å². The molecule has 0 atom stereocenters. The van der Waals surface area contributed by atoms with E-state index in [1.54, 1.807) is 0 Å². The zero-order valence-electron chi connectivity index (χ0n) is 9.22. The van der Waals surface area contributed by atoms with Crippen molar-refractivity contribution >= 4 is 11.8 Å². The second-order valence-corrected chi connectivity index (χ2v) is 4.30. The number of hydrogen-bond donors (Lipinski definition) is 1. The van der Waals surface area contributed by atoms with Crippen LogP contribution >= 0.6 is 0 Å². The lowest BCUT2D eigenvalue weighted by Crippen LogP contribution is -2.31. The second kappa shape index (κ2) is 3.59. The minimum atomic E-state index is -0.284. The molecule has 0 unspecified atom stereocenters. The number of carbonyl (C=O) groups is 2. The van der Waals surface area contributed by atoms with Crippen molar-refractivity contribution in [3.05, 3.63) is 23.3 Å². The Morgan fingerprint density at radius 2 is 2.12 bits per heavy atom. The van der Waals surface area contributed by atoms with Crippen molar-refractivity contribution in [1.82, 2.24) is 14.9 Å². The van der Waals surface area contributed by atoms with Gasteiger partial charge in [-0.05, 0) is 19.4 Å². The topological polar surface area (TPSA) is 89.2 Å².